The molecule has 0 radical (unpaired) electrons. The Labute approximate surface area is 98.1 Å². The van der Waals surface area contributed by atoms with Gasteiger partial charge in [-0.05, 0) is 5.56 Å². The van der Waals surface area contributed by atoms with Gasteiger partial charge < -0.3 is 9.47 Å². The van der Waals surface area contributed by atoms with Gasteiger partial charge in [-0.1, -0.05) is 30.3 Å². The van der Waals surface area contributed by atoms with Crippen LogP contribution in [0.2, 0.25) is 0 Å². The van der Waals surface area contributed by atoms with Gasteiger partial charge in [0.15, 0.2) is 0 Å². The van der Waals surface area contributed by atoms with Gasteiger partial charge in [0, 0.05) is 18.0 Å². The van der Waals surface area contributed by atoms with E-state index < -0.39 is 17.5 Å². The Kier molecular flexibility index (Phi) is 4.79. The normalized spacial score (nSPS) is 11.6. The first-order valence-corrected chi connectivity index (χ1v) is 4.99. The van der Waals surface area contributed by atoms with Crippen LogP contribution in [0.1, 0.15) is 5.56 Å². The Morgan fingerprint density at radius 3 is 2.44 bits per heavy atom. The molecule has 0 heterocycles. The Hall–Kier alpha value is -1.55. The van der Waals surface area contributed by atoms with Crippen LogP contribution in [0.15, 0.2) is 30.3 Å². The number of hydrogen-bond donors (Lipinski definition) is 0. The number of esters is 1. The molecule has 1 atom stereocenters. The Morgan fingerprint density at radius 2 is 1.94 bits per heavy atom. The minimum absolute atomic E-state index is 0.242. The predicted molar refractivity (Wildman–Crippen MR) is 58.3 cm³/mol. The van der Waals surface area contributed by atoms with Crippen molar-refractivity contribution in [3.05, 3.63) is 35.9 Å². The third-order valence-electron chi connectivity index (χ3n) is 1.96. The number of halogens is 1. The highest BCUT2D eigenvalue weighted by molar-refractivity contribution is 6.61. The number of hydrogen-bond acceptors (Lipinski definition) is 4. The molecule has 1 aromatic rings. The lowest BCUT2D eigenvalue weighted by Crippen LogP contribution is -2.28. The standard InChI is InChI=1S/C11H11ClO4/c1-15-10(13)9(16-11(12)14)7-8-5-3-2-4-6-8/h2-6,9H,7H2,1H3/t9-/m0/s1. The predicted octanol–water partition coefficient (Wildman–Crippen LogP) is 2.15. The van der Waals surface area contributed by atoms with Crippen LogP contribution in [0.3, 0.4) is 0 Å². The molecule has 0 aromatic heterocycles. The summed E-state index contributed by atoms with van der Waals surface area (Å²) >= 11 is 5.07. The van der Waals surface area contributed by atoms with E-state index in [9.17, 15) is 9.59 Å². The van der Waals surface area contributed by atoms with Crippen molar-refractivity contribution in [1.82, 2.24) is 0 Å². The van der Waals surface area contributed by atoms with Crippen LogP contribution in [0.25, 0.3) is 0 Å². The van der Waals surface area contributed by atoms with Crippen molar-refractivity contribution in [2.24, 2.45) is 0 Å². The minimum Gasteiger partial charge on any atom is -0.466 e. The number of benzene rings is 1. The molecule has 0 unspecified atom stereocenters. The van der Waals surface area contributed by atoms with Gasteiger partial charge >= 0.3 is 11.4 Å². The lowest BCUT2D eigenvalue weighted by atomic mass is 10.1. The van der Waals surface area contributed by atoms with Crippen LogP contribution in [0.4, 0.5) is 4.79 Å². The molecule has 0 saturated heterocycles. The summed E-state index contributed by atoms with van der Waals surface area (Å²) in [5.41, 5.74) is -0.165. The second-order valence-corrected chi connectivity index (χ2v) is 3.37. The van der Waals surface area contributed by atoms with Crippen LogP contribution >= 0.6 is 11.6 Å². The number of carbonyl (C=O) groups excluding carboxylic acids is 2. The molecule has 0 N–H and O–H groups in total. The topological polar surface area (TPSA) is 52.6 Å². The molecule has 0 aliphatic heterocycles. The molecule has 86 valence electrons. The quantitative estimate of drug-likeness (QED) is 0.600. The van der Waals surface area contributed by atoms with Crippen molar-refractivity contribution >= 4 is 23.0 Å². The average Bonchev–Trinajstić information content (AvgIpc) is 2.28. The molecule has 0 fully saturated rings. The molecule has 4 nitrogen and oxygen atoms in total. The second-order valence-electron chi connectivity index (χ2n) is 3.06. The Morgan fingerprint density at radius 1 is 1.31 bits per heavy atom. The van der Waals surface area contributed by atoms with E-state index in [0.717, 1.165) is 5.56 Å². The van der Waals surface area contributed by atoms with Crippen LogP contribution < -0.4 is 0 Å². The zero-order valence-electron chi connectivity index (χ0n) is 8.68. The molecule has 16 heavy (non-hydrogen) atoms. The highest BCUT2D eigenvalue weighted by Gasteiger charge is 2.23. The summed E-state index contributed by atoms with van der Waals surface area (Å²) in [6.07, 6.45) is -0.760. The van der Waals surface area contributed by atoms with Gasteiger partial charge in [0.2, 0.25) is 6.10 Å². The van der Waals surface area contributed by atoms with E-state index in [-0.39, 0.29) is 6.42 Å². The molecular formula is C11H11ClO4. The smallest absolute Gasteiger partial charge is 0.404 e. The third kappa shape index (κ3) is 3.90. The highest BCUT2D eigenvalue weighted by Crippen LogP contribution is 2.09. The molecule has 0 spiro atoms. The second kappa shape index (κ2) is 6.12. The van der Waals surface area contributed by atoms with Gasteiger partial charge in [0.1, 0.15) is 0 Å². The zero-order valence-corrected chi connectivity index (χ0v) is 9.44. The maximum absolute atomic E-state index is 11.3. The first-order valence-electron chi connectivity index (χ1n) is 4.61. The lowest BCUT2D eigenvalue weighted by Gasteiger charge is -2.13. The van der Waals surface area contributed by atoms with Crippen molar-refractivity contribution in [1.29, 1.82) is 0 Å². The van der Waals surface area contributed by atoms with Gasteiger partial charge in [0.05, 0.1) is 7.11 Å². The van der Waals surface area contributed by atoms with Gasteiger partial charge in [-0.3, -0.25) is 0 Å². The number of carbonyl (C=O) groups is 2. The van der Waals surface area contributed by atoms with Crippen LogP contribution in [-0.2, 0) is 20.7 Å². The molecule has 0 bridgehead atoms. The fourth-order valence-corrected chi connectivity index (χ4v) is 1.35. The first kappa shape index (κ1) is 12.5. The van der Waals surface area contributed by atoms with Crippen LogP contribution in [-0.4, -0.2) is 24.6 Å². The summed E-state index contributed by atoms with van der Waals surface area (Å²) in [7, 11) is 1.22. The van der Waals surface area contributed by atoms with Crippen LogP contribution in [0.5, 0.6) is 0 Å². The largest absolute Gasteiger partial charge is 0.466 e. The van der Waals surface area contributed by atoms with Gasteiger partial charge in [-0.15, -0.1) is 0 Å². The fourth-order valence-electron chi connectivity index (χ4n) is 1.24. The fraction of sp³-hybridized carbons (Fsp3) is 0.273. The third-order valence-corrected chi connectivity index (χ3v) is 2.05. The summed E-state index contributed by atoms with van der Waals surface area (Å²) in [6, 6.07) is 9.14. The van der Waals surface area contributed by atoms with E-state index in [1.165, 1.54) is 7.11 Å². The van der Waals surface area contributed by atoms with Crippen molar-refractivity contribution in [2.75, 3.05) is 7.11 Å². The number of rotatable bonds is 4. The molecular weight excluding hydrogens is 232 g/mol. The number of ether oxygens (including phenoxy) is 2. The molecule has 0 saturated carbocycles. The maximum atomic E-state index is 11.3. The average molecular weight is 243 g/mol. The van der Waals surface area contributed by atoms with E-state index in [1.807, 2.05) is 30.3 Å². The summed E-state index contributed by atoms with van der Waals surface area (Å²) in [4.78, 5) is 21.9. The Balaban J connectivity index is 2.70. The van der Waals surface area contributed by atoms with Crippen LogP contribution in [0, 0.1) is 0 Å². The summed E-state index contributed by atoms with van der Waals surface area (Å²) < 4.78 is 9.17. The van der Waals surface area contributed by atoms with Crippen molar-refractivity contribution in [2.45, 2.75) is 12.5 Å². The number of methoxy groups -OCH3 is 1. The van der Waals surface area contributed by atoms with E-state index >= 15 is 0 Å². The molecule has 0 amide bonds. The van der Waals surface area contributed by atoms with E-state index in [1.54, 1.807) is 0 Å². The van der Waals surface area contributed by atoms with E-state index in [0.29, 0.717) is 0 Å². The minimum atomic E-state index is -1.02. The highest BCUT2D eigenvalue weighted by atomic mass is 35.5. The molecule has 0 aliphatic rings. The zero-order chi connectivity index (χ0) is 12.0. The first-order chi connectivity index (χ1) is 7.63. The lowest BCUT2D eigenvalue weighted by molar-refractivity contribution is -0.149. The van der Waals surface area contributed by atoms with E-state index in [2.05, 4.69) is 9.47 Å². The van der Waals surface area contributed by atoms with Crippen molar-refractivity contribution in [3.63, 3.8) is 0 Å². The van der Waals surface area contributed by atoms with Gasteiger partial charge in [-0.25, -0.2) is 9.59 Å². The van der Waals surface area contributed by atoms with Gasteiger partial charge in [-0.2, -0.15) is 0 Å². The molecule has 1 aromatic carbocycles. The molecule has 5 heteroatoms. The van der Waals surface area contributed by atoms with Crippen molar-refractivity contribution in [3.8, 4) is 0 Å². The Bertz CT molecular complexity index is 364. The van der Waals surface area contributed by atoms with E-state index in [4.69, 9.17) is 11.6 Å². The van der Waals surface area contributed by atoms with Crippen molar-refractivity contribution < 1.29 is 19.1 Å². The molecule has 1 rings (SSSR count). The summed E-state index contributed by atoms with van der Waals surface area (Å²) in [5, 5.41) is 0. The molecule has 0 aliphatic carbocycles. The summed E-state index contributed by atoms with van der Waals surface area (Å²) in [5.74, 6) is -0.627. The SMILES string of the molecule is COC(=O)[C@H](Cc1ccccc1)OC(=O)Cl. The van der Waals surface area contributed by atoms with Gasteiger partial charge in [0.25, 0.3) is 0 Å². The maximum Gasteiger partial charge on any atom is 0.404 e. The summed E-state index contributed by atoms with van der Waals surface area (Å²) in [6.45, 7) is 0. The monoisotopic (exact) mass is 242 g/mol.